The molecule has 0 aromatic carbocycles. The zero-order chi connectivity index (χ0) is 27.3. The van der Waals surface area contributed by atoms with Gasteiger partial charge in [-0.1, -0.05) is 50.6 Å². The monoisotopic (exact) mass is 499 g/mol. The average molecular weight is 500 g/mol. The van der Waals surface area contributed by atoms with Crippen LogP contribution in [0.5, 0.6) is 0 Å². The molecule has 0 aromatic rings. The van der Waals surface area contributed by atoms with Crippen molar-refractivity contribution in [3.05, 3.63) is 82.3 Å². The van der Waals surface area contributed by atoms with E-state index >= 15 is 0 Å². The number of hydrogen-bond donors (Lipinski definition) is 0. The molecule has 37 heavy (non-hydrogen) atoms. The predicted octanol–water partition coefficient (Wildman–Crippen LogP) is 7.60. The maximum absolute atomic E-state index is 13.0. The van der Waals surface area contributed by atoms with Gasteiger partial charge in [0.25, 0.3) is 0 Å². The number of carbonyl (C=O) groups is 1. The molecule has 0 spiro atoms. The normalized spacial score (nSPS) is 27.6. The van der Waals surface area contributed by atoms with E-state index in [0.717, 1.165) is 49.5 Å². The number of rotatable bonds is 6. The summed E-state index contributed by atoms with van der Waals surface area (Å²) in [5.41, 5.74) is 9.98. The number of nitrogens with zero attached hydrogens (tertiary/aromatic N) is 3. The van der Waals surface area contributed by atoms with Crippen LogP contribution >= 0.6 is 0 Å². The highest BCUT2D eigenvalue weighted by Crippen LogP contribution is 2.35. The lowest BCUT2D eigenvalue weighted by Crippen LogP contribution is -2.27. The SMILES string of the molecule is C=C1CCCN(C(/C=C\C2=NC(C(/C=C3/C(CC)=C(C)C(C)=CC3C)=N/C)=CC(=O)C2C)=C/C)C[C@@H]1C. The van der Waals surface area contributed by atoms with E-state index in [1.807, 2.05) is 13.0 Å². The summed E-state index contributed by atoms with van der Waals surface area (Å²) in [5, 5.41) is 0. The Hall–Kier alpha value is -3.01. The minimum Gasteiger partial charge on any atom is -0.371 e. The molecule has 0 saturated carbocycles. The number of likely N-dealkylation sites (tertiary alicyclic amines) is 1. The Kier molecular flexibility index (Phi) is 9.64. The fraction of sp³-hybridized carbons (Fsp3) is 0.485. The van der Waals surface area contributed by atoms with Gasteiger partial charge in [-0.3, -0.25) is 14.8 Å². The van der Waals surface area contributed by atoms with Gasteiger partial charge in [-0.05, 0) is 93.7 Å². The number of hydrogen-bond acceptors (Lipinski definition) is 4. The molecule has 0 radical (unpaired) electrons. The van der Waals surface area contributed by atoms with E-state index in [1.54, 1.807) is 13.1 Å². The van der Waals surface area contributed by atoms with E-state index in [2.05, 4.69) is 82.3 Å². The van der Waals surface area contributed by atoms with Gasteiger partial charge in [0, 0.05) is 31.9 Å². The third-order valence-corrected chi connectivity index (χ3v) is 8.13. The van der Waals surface area contributed by atoms with Crippen LogP contribution < -0.4 is 0 Å². The molecule has 1 aliphatic carbocycles. The van der Waals surface area contributed by atoms with Crippen molar-refractivity contribution in [1.29, 1.82) is 0 Å². The van der Waals surface area contributed by atoms with Crippen LogP contribution in [-0.4, -0.2) is 42.2 Å². The van der Waals surface area contributed by atoms with Gasteiger partial charge in [-0.15, -0.1) is 0 Å². The number of ketones is 1. The van der Waals surface area contributed by atoms with Crippen molar-refractivity contribution in [3.63, 3.8) is 0 Å². The zero-order valence-corrected chi connectivity index (χ0v) is 24.2. The van der Waals surface area contributed by atoms with Gasteiger partial charge in [-0.2, -0.15) is 0 Å². The molecule has 2 aliphatic heterocycles. The Morgan fingerprint density at radius 1 is 1.27 bits per heavy atom. The summed E-state index contributed by atoms with van der Waals surface area (Å²) < 4.78 is 0. The van der Waals surface area contributed by atoms with E-state index < -0.39 is 0 Å². The largest absolute Gasteiger partial charge is 0.371 e. The molecule has 3 atom stereocenters. The quantitative estimate of drug-likeness (QED) is 0.215. The first-order valence-corrected chi connectivity index (χ1v) is 13.8. The molecule has 4 heteroatoms. The Balaban J connectivity index is 1.92. The van der Waals surface area contributed by atoms with Crippen LogP contribution in [0.2, 0.25) is 0 Å². The third-order valence-electron chi connectivity index (χ3n) is 8.13. The molecule has 1 fully saturated rings. The second kappa shape index (κ2) is 12.5. The lowest BCUT2D eigenvalue weighted by Gasteiger charge is -2.26. The molecule has 2 heterocycles. The van der Waals surface area contributed by atoms with Crippen LogP contribution in [0, 0.1) is 17.8 Å². The minimum atomic E-state index is -0.278. The second-order valence-electron chi connectivity index (χ2n) is 10.7. The summed E-state index contributed by atoms with van der Waals surface area (Å²) in [6.07, 6.45) is 15.6. The molecule has 2 unspecified atom stereocenters. The fourth-order valence-corrected chi connectivity index (χ4v) is 5.48. The molecular formula is C33H45N3O. The lowest BCUT2D eigenvalue weighted by atomic mass is 9.80. The molecule has 0 bridgehead atoms. The van der Waals surface area contributed by atoms with Gasteiger partial charge in [-0.25, -0.2) is 0 Å². The highest BCUT2D eigenvalue weighted by molar-refractivity contribution is 6.22. The molecule has 3 rings (SSSR count). The van der Waals surface area contributed by atoms with Crippen molar-refractivity contribution in [2.24, 2.45) is 27.7 Å². The summed E-state index contributed by atoms with van der Waals surface area (Å²) in [4.78, 5) is 25.0. The molecule has 1 saturated heterocycles. The first-order chi connectivity index (χ1) is 17.6. The van der Waals surface area contributed by atoms with Crippen molar-refractivity contribution in [1.82, 2.24) is 4.90 Å². The predicted molar refractivity (Wildman–Crippen MR) is 159 cm³/mol. The Morgan fingerprint density at radius 3 is 2.65 bits per heavy atom. The van der Waals surface area contributed by atoms with Gasteiger partial charge in [0.1, 0.15) is 0 Å². The van der Waals surface area contributed by atoms with Crippen LogP contribution in [0.25, 0.3) is 0 Å². The van der Waals surface area contributed by atoms with Gasteiger partial charge in [0.05, 0.1) is 23.0 Å². The first kappa shape index (κ1) is 28.6. The first-order valence-electron chi connectivity index (χ1n) is 13.8. The summed E-state index contributed by atoms with van der Waals surface area (Å²) in [7, 11) is 1.78. The summed E-state index contributed by atoms with van der Waals surface area (Å²) in [6, 6.07) is 0. The Bertz CT molecular complexity index is 1180. The average Bonchev–Trinajstić information content (AvgIpc) is 3.03. The molecule has 3 aliphatic rings. The standard InChI is InChI=1S/C33H45N3O/c1-10-27(36-16-12-13-21(3)24(6)20-36)14-15-30-26(8)33(37)19-32(35-30)31(34-9)18-29-23(5)17-22(4)25(7)28(29)11-2/h10,14-15,17-19,23-24,26H,3,11-13,16,20H2,1-2,4-9H3/b15-14-,27-10+,29-18+,34-31+/t23?,24-,26?/m0/s1. The molecule has 4 nitrogen and oxygen atoms in total. The Labute approximate surface area is 224 Å². The van der Waals surface area contributed by atoms with Crippen LogP contribution in [-0.2, 0) is 4.79 Å². The molecule has 198 valence electrons. The van der Waals surface area contributed by atoms with Crippen molar-refractivity contribution >= 4 is 17.2 Å². The molecule has 0 N–H and O–H groups in total. The van der Waals surface area contributed by atoms with Crippen LogP contribution in [0.1, 0.15) is 67.7 Å². The van der Waals surface area contributed by atoms with Crippen molar-refractivity contribution in [3.8, 4) is 0 Å². The number of aliphatic imine (C=N–C) groups is 2. The lowest BCUT2D eigenvalue weighted by molar-refractivity contribution is -0.116. The maximum atomic E-state index is 13.0. The maximum Gasteiger partial charge on any atom is 0.166 e. The highest BCUT2D eigenvalue weighted by Gasteiger charge is 2.25. The number of carbonyl (C=O) groups excluding carboxylic acids is 1. The molecular weight excluding hydrogens is 454 g/mol. The highest BCUT2D eigenvalue weighted by atomic mass is 16.1. The van der Waals surface area contributed by atoms with E-state index in [9.17, 15) is 4.79 Å². The van der Waals surface area contributed by atoms with E-state index in [0.29, 0.717) is 17.5 Å². The zero-order valence-electron chi connectivity index (χ0n) is 24.2. The van der Waals surface area contributed by atoms with Crippen LogP contribution in [0.4, 0.5) is 0 Å². The topological polar surface area (TPSA) is 45.0 Å². The van der Waals surface area contributed by atoms with E-state index in [1.165, 1.54) is 27.9 Å². The minimum absolute atomic E-state index is 0.0702. The summed E-state index contributed by atoms with van der Waals surface area (Å²) in [6.45, 7) is 21.3. The van der Waals surface area contributed by atoms with Crippen molar-refractivity contribution < 1.29 is 4.79 Å². The smallest absolute Gasteiger partial charge is 0.166 e. The number of allylic oxidation sites excluding steroid dienone is 10. The van der Waals surface area contributed by atoms with Gasteiger partial charge in [0.15, 0.2) is 5.78 Å². The van der Waals surface area contributed by atoms with E-state index in [4.69, 9.17) is 4.99 Å². The van der Waals surface area contributed by atoms with Crippen LogP contribution in [0.15, 0.2) is 92.3 Å². The van der Waals surface area contributed by atoms with Gasteiger partial charge >= 0.3 is 0 Å². The fourth-order valence-electron chi connectivity index (χ4n) is 5.48. The second-order valence-corrected chi connectivity index (χ2v) is 10.7. The van der Waals surface area contributed by atoms with Crippen LogP contribution in [0.3, 0.4) is 0 Å². The van der Waals surface area contributed by atoms with Gasteiger partial charge in [0.2, 0.25) is 0 Å². The third kappa shape index (κ3) is 6.47. The summed E-state index contributed by atoms with van der Waals surface area (Å²) >= 11 is 0. The van der Waals surface area contributed by atoms with Crippen molar-refractivity contribution in [2.45, 2.75) is 67.7 Å². The van der Waals surface area contributed by atoms with E-state index in [-0.39, 0.29) is 11.7 Å². The molecule has 0 aromatic heterocycles. The van der Waals surface area contributed by atoms with Gasteiger partial charge < -0.3 is 4.90 Å². The molecule has 0 amide bonds. The van der Waals surface area contributed by atoms with Crippen molar-refractivity contribution in [2.75, 3.05) is 20.1 Å². The Morgan fingerprint density at radius 2 is 2.00 bits per heavy atom. The summed E-state index contributed by atoms with van der Waals surface area (Å²) in [5.74, 6) is 0.553.